The standard InChI is InChI=1S/C13H23N3O2S/c1-5-11(3)10-16(4)19(17,18)12-8-7-9-15-13(12)14-6-2/h7-9,11H,5-6,10H2,1-4H3,(H,14,15). The van der Waals surface area contributed by atoms with E-state index in [1.807, 2.05) is 13.8 Å². The Morgan fingerprint density at radius 2 is 2.11 bits per heavy atom. The topological polar surface area (TPSA) is 62.3 Å². The van der Waals surface area contributed by atoms with Crippen molar-refractivity contribution in [2.75, 3.05) is 25.5 Å². The van der Waals surface area contributed by atoms with Gasteiger partial charge in [-0.1, -0.05) is 20.3 Å². The molecular formula is C13H23N3O2S. The third kappa shape index (κ3) is 3.91. The van der Waals surface area contributed by atoms with Gasteiger partial charge in [-0.2, -0.15) is 0 Å². The SMILES string of the molecule is CCNc1ncccc1S(=O)(=O)N(C)CC(C)CC. The van der Waals surface area contributed by atoms with E-state index in [-0.39, 0.29) is 4.90 Å². The fourth-order valence-electron chi connectivity index (χ4n) is 1.73. The van der Waals surface area contributed by atoms with Gasteiger partial charge >= 0.3 is 0 Å². The zero-order valence-corrected chi connectivity index (χ0v) is 12.9. The molecule has 19 heavy (non-hydrogen) atoms. The van der Waals surface area contributed by atoms with E-state index in [4.69, 9.17) is 0 Å². The van der Waals surface area contributed by atoms with E-state index >= 15 is 0 Å². The van der Waals surface area contributed by atoms with Crippen LogP contribution in [-0.4, -0.2) is 37.8 Å². The summed E-state index contributed by atoms with van der Waals surface area (Å²) in [7, 11) is -1.87. The van der Waals surface area contributed by atoms with Crippen LogP contribution in [0.25, 0.3) is 0 Å². The van der Waals surface area contributed by atoms with Crippen molar-refractivity contribution in [2.45, 2.75) is 32.1 Å². The minimum absolute atomic E-state index is 0.239. The number of hydrogen-bond acceptors (Lipinski definition) is 4. The molecule has 1 aromatic heterocycles. The summed E-state index contributed by atoms with van der Waals surface area (Å²) in [6, 6.07) is 3.23. The van der Waals surface area contributed by atoms with Crippen molar-refractivity contribution in [1.82, 2.24) is 9.29 Å². The van der Waals surface area contributed by atoms with E-state index in [9.17, 15) is 8.42 Å². The summed E-state index contributed by atoms with van der Waals surface area (Å²) in [6.45, 7) is 7.15. The van der Waals surface area contributed by atoms with Crippen LogP contribution in [0, 0.1) is 5.92 Å². The number of nitrogens with zero attached hydrogens (tertiary/aromatic N) is 2. The first-order valence-electron chi connectivity index (χ1n) is 6.58. The smallest absolute Gasteiger partial charge is 0.246 e. The summed E-state index contributed by atoms with van der Waals surface area (Å²) < 4.78 is 26.5. The highest BCUT2D eigenvalue weighted by atomic mass is 32.2. The number of aromatic nitrogens is 1. The molecule has 1 atom stereocenters. The van der Waals surface area contributed by atoms with Crippen LogP contribution in [0.15, 0.2) is 23.2 Å². The molecule has 108 valence electrons. The van der Waals surface area contributed by atoms with E-state index in [0.717, 1.165) is 6.42 Å². The molecule has 0 spiro atoms. The van der Waals surface area contributed by atoms with Crippen molar-refractivity contribution in [2.24, 2.45) is 5.92 Å². The largest absolute Gasteiger partial charge is 0.369 e. The third-order valence-electron chi connectivity index (χ3n) is 3.07. The first-order chi connectivity index (χ1) is 8.93. The molecule has 0 saturated heterocycles. The van der Waals surface area contributed by atoms with Gasteiger partial charge in [-0.15, -0.1) is 0 Å². The van der Waals surface area contributed by atoms with Gasteiger partial charge in [0.25, 0.3) is 0 Å². The molecular weight excluding hydrogens is 262 g/mol. The van der Waals surface area contributed by atoms with Gasteiger partial charge in [-0.3, -0.25) is 0 Å². The Kier molecular flexibility index (Phi) is 5.75. The van der Waals surface area contributed by atoms with Crippen LogP contribution >= 0.6 is 0 Å². The van der Waals surface area contributed by atoms with E-state index in [0.29, 0.717) is 24.8 Å². The molecule has 0 aromatic carbocycles. The van der Waals surface area contributed by atoms with Gasteiger partial charge in [0.15, 0.2) is 0 Å². The molecule has 0 fully saturated rings. The Balaban J connectivity index is 3.06. The normalized spacial score (nSPS) is 13.5. The summed E-state index contributed by atoms with van der Waals surface area (Å²) in [4.78, 5) is 4.34. The van der Waals surface area contributed by atoms with E-state index in [1.54, 1.807) is 25.4 Å². The van der Waals surface area contributed by atoms with Gasteiger partial charge in [-0.05, 0) is 25.0 Å². The first kappa shape index (κ1) is 15.9. The average Bonchev–Trinajstić information content (AvgIpc) is 2.39. The van der Waals surface area contributed by atoms with Crippen molar-refractivity contribution < 1.29 is 8.42 Å². The second-order valence-electron chi connectivity index (χ2n) is 4.68. The highest BCUT2D eigenvalue weighted by molar-refractivity contribution is 7.89. The summed E-state index contributed by atoms with van der Waals surface area (Å²) >= 11 is 0. The molecule has 1 unspecified atom stereocenters. The Labute approximate surface area is 116 Å². The maximum absolute atomic E-state index is 12.5. The quantitative estimate of drug-likeness (QED) is 0.834. The lowest BCUT2D eigenvalue weighted by Gasteiger charge is -2.21. The van der Waals surface area contributed by atoms with E-state index in [2.05, 4.69) is 17.2 Å². The number of pyridine rings is 1. The molecule has 0 saturated carbocycles. The molecule has 0 amide bonds. The predicted octanol–water partition coefficient (Wildman–Crippen LogP) is 2.18. The number of anilines is 1. The molecule has 1 aromatic rings. The first-order valence-corrected chi connectivity index (χ1v) is 8.02. The predicted molar refractivity (Wildman–Crippen MR) is 77.7 cm³/mol. The number of rotatable bonds is 7. The summed E-state index contributed by atoms with van der Waals surface area (Å²) in [5.41, 5.74) is 0. The third-order valence-corrected chi connectivity index (χ3v) is 4.92. The number of nitrogens with one attached hydrogen (secondary N) is 1. The summed E-state index contributed by atoms with van der Waals surface area (Å²) in [5, 5.41) is 2.99. The number of sulfonamides is 1. The van der Waals surface area contributed by atoms with E-state index in [1.165, 1.54) is 4.31 Å². The molecule has 0 bridgehead atoms. The second kappa shape index (κ2) is 6.86. The van der Waals surface area contributed by atoms with Gasteiger partial charge in [0.05, 0.1) is 0 Å². The van der Waals surface area contributed by atoms with Crippen molar-refractivity contribution in [3.63, 3.8) is 0 Å². The molecule has 5 nitrogen and oxygen atoms in total. The zero-order valence-electron chi connectivity index (χ0n) is 12.0. The average molecular weight is 285 g/mol. The molecule has 0 aliphatic heterocycles. The van der Waals surface area contributed by atoms with Crippen molar-refractivity contribution in [3.8, 4) is 0 Å². The molecule has 1 N–H and O–H groups in total. The van der Waals surface area contributed by atoms with Crippen molar-refractivity contribution in [3.05, 3.63) is 18.3 Å². The molecule has 1 heterocycles. The maximum Gasteiger partial charge on any atom is 0.246 e. The molecule has 6 heteroatoms. The van der Waals surface area contributed by atoms with Gasteiger partial charge in [0.2, 0.25) is 10.0 Å². The van der Waals surface area contributed by atoms with Gasteiger partial charge in [0.1, 0.15) is 10.7 Å². The van der Waals surface area contributed by atoms with Gasteiger partial charge in [0, 0.05) is 26.3 Å². The van der Waals surface area contributed by atoms with Crippen LogP contribution in [-0.2, 0) is 10.0 Å². The van der Waals surface area contributed by atoms with Crippen LogP contribution in [0.2, 0.25) is 0 Å². The Morgan fingerprint density at radius 1 is 1.42 bits per heavy atom. The van der Waals surface area contributed by atoms with Crippen molar-refractivity contribution >= 4 is 15.8 Å². The highest BCUT2D eigenvalue weighted by Gasteiger charge is 2.25. The van der Waals surface area contributed by atoms with Gasteiger partial charge in [-0.25, -0.2) is 17.7 Å². The van der Waals surface area contributed by atoms with Crippen LogP contribution < -0.4 is 5.32 Å². The summed E-state index contributed by atoms with van der Waals surface area (Å²) in [5.74, 6) is 0.750. The zero-order chi connectivity index (χ0) is 14.5. The van der Waals surface area contributed by atoms with Crippen LogP contribution in [0.5, 0.6) is 0 Å². The Morgan fingerprint density at radius 3 is 2.68 bits per heavy atom. The van der Waals surface area contributed by atoms with Crippen molar-refractivity contribution in [1.29, 1.82) is 0 Å². The fourth-order valence-corrected chi connectivity index (χ4v) is 3.14. The number of hydrogen-bond donors (Lipinski definition) is 1. The lowest BCUT2D eigenvalue weighted by molar-refractivity contribution is 0.393. The van der Waals surface area contributed by atoms with Crippen LogP contribution in [0.4, 0.5) is 5.82 Å². The minimum Gasteiger partial charge on any atom is -0.369 e. The highest BCUT2D eigenvalue weighted by Crippen LogP contribution is 2.22. The minimum atomic E-state index is -3.49. The lowest BCUT2D eigenvalue weighted by Crippen LogP contribution is -2.31. The molecule has 0 aliphatic carbocycles. The van der Waals surface area contributed by atoms with Crippen LogP contribution in [0.1, 0.15) is 27.2 Å². The molecule has 0 radical (unpaired) electrons. The maximum atomic E-state index is 12.5. The monoisotopic (exact) mass is 285 g/mol. The van der Waals surface area contributed by atoms with Gasteiger partial charge < -0.3 is 5.32 Å². The Hall–Kier alpha value is -1.14. The Bertz CT molecular complexity index is 502. The van der Waals surface area contributed by atoms with Crippen LogP contribution in [0.3, 0.4) is 0 Å². The summed E-state index contributed by atoms with van der Waals surface area (Å²) in [6.07, 6.45) is 2.54. The van der Waals surface area contributed by atoms with E-state index < -0.39 is 10.0 Å². The molecule has 0 aliphatic rings. The molecule has 1 rings (SSSR count). The second-order valence-corrected chi connectivity index (χ2v) is 6.69. The fraction of sp³-hybridized carbons (Fsp3) is 0.615. The lowest BCUT2D eigenvalue weighted by atomic mass is 10.1.